The maximum absolute atomic E-state index is 12.7. The lowest BCUT2D eigenvalue weighted by Crippen LogP contribution is -2.28. The van der Waals surface area contributed by atoms with E-state index in [1.807, 2.05) is 0 Å². The third-order valence-corrected chi connectivity index (χ3v) is 3.90. The zero-order valence-corrected chi connectivity index (χ0v) is 14.6. The smallest absolute Gasteiger partial charge is 0.361 e. The van der Waals surface area contributed by atoms with Crippen LogP contribution in [0.2, 0.25) is 0 Å². The zero-order chi connectivity index (χ0) is 19.7. The molecule has 3 heterocycles. The normalized spacial score (nSPS) is 12.2. The number of aromatic nitrogens is 3. The molecule has 0 radical (unpaired) electrons. The summed E-state index contributed by atoms with van der Waals surface area (Å²) in [4.78, 5) is 40.8. The van der Waals surface area contributed by atoms with Crippen molar-refractivity contribution in [2.24, 2.45) is 0 Å². The summed E-state index contributed by atoms with van der Waals surface area (Å²) >= 11 is 0. The van der Waals surface area contributed by atoms with Gasteiger partial charge < -0.3 is 24.1 Å². The number of hydrogen-bond acceptors (Lipinski definition) is 9. The molecule has 1 N–H and O–H groups in total. The molecular weight excluding hydrogens is 372 g/mol. The number of esters is 1. The summed E-state index contributed by atoms with van der Waals surface area (Å²) in [5.41, 5.74) is -0.552. The minimum atomic E-state index is -0.803. The Labute approximate surface area is 156 Å². The van der Waals surface area contributed by atoms with Gasteiger partial charge in [-0.3, -0.25) is 14.2 Å². The Hall–Kier alpha value is -3.89. The van der Waals surface area contributed by atoms with Gasteiger partial charge in [0.25, 0.3) is 11.3 Å². The van der Waals surface area contributed by atoms with Gasteiger partial charge in [-0.15, -0.1) is 0 Å². The van der Waals surface area contributed by atoms with Gasteiger partial charge in [-0.25, -0.2) is 9.78 Å². The molecule has 2 aromatic heterocycles. The Morgan fingerprint density at radius 2 is 2.11 bits per heavy atom. The molecule has 0 bridgehead atoms. The number of benzene rings is 1. The van der Waals surface area contributed by atoms with Crippen molar-refractivity contribution < 1.29 is 28.3 Å². The second-order valence-electron chi connectivity index (χ2n) is 5.73. The van der Waals surface area contributed by atoms with Gasteiger partial charge in [0.05, 0.1) is 6.61 Å². The third-order valence-electron chi connectivity index (χ3n) is 3.90. The van der Waals surface area contributed by atoms with E-state index in [0.717, 1.165) is 10.9 Å². The Morgan fingerprint density at radius 1 is 1.29 bits per heavy atom. The monoisotopic (exact) mass is 386 g/mol. The quantitative estimate of drug-likeness (QED) is 0.635. The number of carbonyl (C=O) groups is 2. The van der Waals surface area contributed by atoms with Crippen LogP contribution in [0.5, 0.6) is 11.5 Å². The summed E-state index contributed by atoms with van der Waals surface area (Å²) < 4.78 is 21.3. The molecule has 11 nitrogen and oxygen atoms in total. The van der Waals surface area contributed by atoms with E-state index in [9.17, 15) is 14.4 Å². The van der Waals surface area contributed by atoms with Crippen molar-refractivity contribution >= 4 is 28.7 Å². The van der Waals surface area contributed by atoms with Gasteiger partial charge >= 0.3 is 5.97 Å². The van der Waals surface area contributed by atoms with E-state index in [1.165, 1.54) is 0 Å². The third kappa shape index (κ3) is 3.13. The lowest BCUT2D eigenvalue weighted by Gasteiger charge is -2.07. The van der Waals surface area contributed by atoms with Crippen LogP contribution in [0.25, 0.3) is 11.1 Å². The number of ether oxygens (including phenoxy) is 3. The summed E-state index contributed by atoms with van der Waals surface area (Å²) in [5.74, 6) is -0.177. The molecule has 0 fully saturated rings. The van der Waals surface area contributed by atoms with Crippen molar-refractivity contribution in [3.8, 4) is 11.5 Å². The molecule has 11 heteroatoms. The molecule has 144 valence electrons. The average Bonchev–Trinajstić information content (AvgIpc) is 3.31. The summed E-state index contributed by atoms with van der Waals surface area (Å²) in [5, 5.41) is 6.06. The first-order chi connectivity index (χ1) is 13.6. The van der Waals surface area contributed by atoms with E-state index in [0.29, 0.717) is 17.2 Å². The highest BCUT2D eigenvalue weighted by Gasteiger charge is 2.23. The Kier molecular flexibility index (Phi) is 4.39. The van der Waals surface area contributed by atoms with Gasteiger partial charge in [0.2, 0.25) is 18.4 Å². The molecule has 0 unspecified atom stereocenters. The van der Waals surface area contributed by atoms with Crippen molar-refractivity contribution in [2.45, 2.75) is 13.5 Å². The maximum Gasteiger partial charge on any atom is 0.361 e. The standard InChI is InChI=1S/C17H14N4O7/c1-2-25-17(24)14-13-15(28-20-14)18-7-21(16(13)23)6-12(22)19-9-3-4-10-11(5-9)27-8-26-10/h3-5,7H,2,6,8H2,1H3,(H,19,22). The highest BCUT2D eigenvalue weighted by Crippen LogP contribution is 2.34. The first-order valence-electron chi connectivity index (χ1n) is 8.28. The average molecular weight is 386 g/mol. The second-order valence-corrected chi connectivity index (χ2v) is 5.73. The lowest BCUT2D eigenvalue weighted by atomic mass is 10.2. The van der Waals surface area contributed by atoms with E-state index < -0.39 is 17.4 Å². The van der Waals surface area contributed by atoms with Crippen LogP contribution in [0.4, 0.5) is 5.69 Å². The van der Waals surface area contributed by atoms with E-state index in [1.54, 1.807) is 25.1 Å². The fraction of sp³-hybridized carbons (Fsp3) is 0.235. The predicted octanol–water partition coefficient (Wildman–Crippen LogP) is 0.929. The Balaban J connectivity index is 1.56. The number of nitrogens with one attached hydrogen (secondary N) is 1. The number of rotatable bonds is 5. The summed E-state index contributed by atoms with van der Waals surface area (Å²) in [6, 6.07) is 4.93. The van der Waals surface area contributed by atoms with E-state index in [4.69, 9.17) is 18.7 Å². The number of hydrogen-bond donors (Lipinski definition) is 1. The molecule has 4 rings (SSSR count). The highest BCUT2D eigenvalue weighted by molar-refractivity contribution is 5.99. The minimum Gasteiger partial charge on any atom is -0.461 e. The number of anilines is 1. The topological polar surface area (TPSA) is 135 Å². The van der Waals surface area contributed by atoms with Gasteiger partial charge in [0.15, 0.2) is 11.5 Å². The van der Waals surface area contributed by atoms with Crippen LogP contribution in [-0.2, 0) is 16.1 Å². The van der Waals surface area contributed by atoms with Crippen molar-refractivity contribution in [2.75, 3.05) is 18.7 Å². The Bertz CT molecular complexity index is 1130. The minimum absolute atomic E-state index is 0.111. The fourth-order valence-electron chi connectivity index (χ4n) is 2.66. The van der Waals surface area contributed by atoms with Crippen molar-refractivity contribution in [3.63, 3.8) is 0 Å². The second kappa shape index (κ2) is 7.02. The van der Waals surface area contributed by atoms with Crippen molar-refractivity contribution in [3.05, 3.63) is 40.6 Å². The van der Waals surface area contributed by atoms with E-state index >= 15 is 0 Å². The van der Waals surface area contributed by atoms with Crippen LogP contribution < -0.4 is 20.3 Å². The molecule has 0 saturated carbocycles. The SMILES string of the molecule is CCOC(=O)c1noc2ncn(CC(=O)Nc3ccc4c(c3)OCO4)c(=O)c12. The molecule has 28 heavy (non-hydrogen) atoms. The maximum atomic E-state index is 12.7. The number of carbonyl (C=O) groups excluding carboxylic acids is 2. The number of amides is 1. The zero-order valence-electron chi connectivity index (χ0n) is 14.6. The van der Waals surface area contributed by atoms with Crippen LogP contribution >= 0.6 is 0 Å². The van der Waals surface area contributed by atoms with Crippen LogP contribution in [0.3, 0.4) is 0 Å². The molecular formula is C17H14N4O7. The number of nitrogens with zero attached hydrogens (tertiary/aromatic N) is 3. The summed E-state index contributed by atoms with van der Waals surface area (Å²) in [6.45, 7) is 1.52. The van der Waals surface area contributed by atoms with Crippen molar-refractivity contribution in [1.29, 1.82) is 0 Å². The van der Waals surface area contributed by atoms with Gasteiger partial charge in [-0.1, -0.05) is 5.16 Å². The lowest BCUT2D eigenvalue weighted by molar-refractivity contribution is -0.116. The van der Waals surface area contributed by atoms with Gasteiger partial charge in [-0.2, -0.15) is 0 Å². The van der Waals surface area contributed by atoms with Gasteiger partial charge in [-0.05, 0) is 19.1 Å². The predicted molar refractivity (Wildman–Crippen MR) is 93.2 cm³/mol. The Morgan fingerprint density at radius 3 is 2.93 bits per heavy atom. The fourth-order valence-corrected chi connectivity index (χ4v) is 2.66. The molecule has 1 aromatic carbocycles. The molecule has 3 aromatic rings. The molecule has 0 saturated heterocycles. The first kappa shape index (κ1) is 17.5. The molecule has 0 aliphatic carbocycles. The van der Waals surface area contributed by atoms with E-state index in [2.05, 4.69) is 15.5 Å². The van der Waals surface area contributed by atoms with Crippen LogP contribution in [0, 0.1) is 0 Å². The largest absolute Gasteiger partial charge is 0.461 e. The summed E-state index contributed by atoms with van der Waals surface area (Å²) in [6.07, 6.45) is 1.14. The molecule has 1 amide bonds. The molecule has 1 aliphatic heterocycles. The molecule has 0 atom stereocenters. The van der Waals surface area contributed by atoms with Crippen molar-refractivity contribution in [1.82, 2.24) is 14.7 Å². The molecule has 0 spiro atoms. The van der Waals surface area contributed by atoms with Crippen LogP contribution in [0.1, 0.15) is 17.4 Å². The number of fused-ring (bicyclic) bond motifs is 2. The van der Waals surface area contributed by atoms with Crippen LogP contribution in [0.15, 0.2) is 33.8 Å². The van der Waals surface area contributed by atoms with Gasteiger partial charge in [0.1, 0.15) is 18.3 Å². The van der Waals surface area contributed by atoms with E-state index in [-0.39, 0.29) is 36.7 Å². The highest BCUT2D eigenvalue weighted by atomic mass is 16.7. The first-order valence-corrected chi connectivity index (χ1v) is 8.28. The summed E-state index contributed by atoms with van der Waals surface area (Å²) in [7, 11) is 0. The van der Waals surface area contributed by atoms with Crippen LogP contribution in [-0.4, -0.2) is 40.0 Å². The van der Waals surface area contributed by atoms with Gasteiger partial charge in [0, 0.05) is 11.8 Å². The molecule has 1 aliphatic rings.